The fourth-order valence-corrected chi connectivity index (χ4v) is 2.96. The van der Waals surface area contributed by atoms with Gasteiger partial charge in [-0.1, -0.05) is 78.9 Å². The Bertz CT molecular complexity index is 826. The third-order valence-corrected chi connectivity index (χ3v) is 4.21. The summed E-state index contributed by atoms with van der Waals surface area (Å²) < 4.78 is 0. The molecule has 0 bridgehead atoms. The molecule has 0 saturated carbocycles. The summed E-state index contributed by atoms with van der Waals surface area (Å²) in [5, 5.41) is 9.10. The third-order valence-electron chi connectivity index (χ3n) is 4.21. The second-order valence-electron chi connectivity index (χ2n) is 5.76. The van der Waals surface area contributed by atoms with Crippen LogP contribution in [0.25, 0.3) is 11.1 Å². The van der Waals surface area contributed by atoms with Gasteiger partial charge in [-0.2, -0.15) is 0 Å². The van der Waals surface area contributed by atoms with Crippen LogP contribution in [0.2, 0.25) is 0 Å². The highest BCUT2D eigenvalue weighted by molar-refractivity contribution is 5.86. The highest BCUT2D eigenvalue weighted by Gasteiger charge is 2.22. The van der Waals surface area contributed by atoms with Gasteiger partial charge in [0.05, 0.1) is 5.92 Å². The molecule has 0 aromatic heterocycles. The van der Waals surface area contributed by atoms with Crippen LogP contribution < -0.4 is 5.48 Å². The Morgan fingerprint density at radius 3 is 2.04 bits per heavy atom. The minimum atomic E-state index is -0.540. The molecule has 0 fully saturated rings. The van der Waals surface area contributed by atoms with Crippen molar-refractivity contribution in [3.05, 3.63) is 95.6 Å². The predicted molar refractivity (Wildman–Crippen MR) is 94.8 cm³/mol. The minimum absolute atomic E-state index is 0.440. The molecule has 0 saturated heterocycles. The molecule has 0 spiro atoms. The Labute approximate surface area is 141 Å². The van der Waals surface area contributed by atoms with Gasteiger partial charge >= 0.3 is 0 Å². The van der Waals surface area contributed by atoms with Crippen molar-refractivity contribution >= 4 is 5.91 Å². The summed E-state index contributed by atoms with van der Waals surface area (Å²) in [5.74, 6) is -0.980. The maximum atomic E-state index is 12.2. The number of nitrogens with one attached hydrogen (secondary N) is 1. The Balaban J connectivity index is 1.98. The van der Waals surface area contributed by atoms with E-state index in [1.807, 2.05) is 66.7 Å². The quantitative estimate of drug-likeness (QED) is 0.557. The smallest absolute Gasteiger partial charge is 0.255 e. The zero-order valence-electron chi connectivity index (χ0n) is 13.4. The fraction of sp³-hybridized carbons (Fsp3) is 0.0952. The van der Waals surface area contributed by atoms with Crippen LogP contribution in [0.4, 0.5) is 0 Å². The molecule has 1 amide bonds. The molecule has 3 nitrogen and oxygen atoms in total. The van der Waals surface area contributed by atoms with Crippen LogP contribution in [0.3, 0.4) is 0 Å². The van der Waals surface area contributed by atoms with Crippen molar-refractivity contribution in [2.75, 3.05) is 0 Å². The van der Waals surface area contributed by atoms with Gasteiger partial charge < -0.3 is 0 Å². The Kier molecular flexibility index (Phi) is 4.73. The third kappa shape index (κ3) is 3.21. The average Bonchev–Trinajstić information content (AvgIpc) is 2.64. The molecule has 24 heavy (non-hydrogen) atoms. The van der Waals surface area contributed by atoms with Gasteiger partial charge in [0, 0.05) is 0 Å². The highest BCUT2D eigenvalue weighted by atomic mass is 16.5. The Morgan fingerprint density at radius 1 is 0.833 bits per heavy atom. The van der Waals surface area contributed by atoms with E-state index in [2.05, 4.69) is 19.1 Å². The number of rotatable bonds is 4. The Morgan fingerprint density at radius 2 is 1.42 bits per heavy atom. The van der Waals surface area contributed by atoms with E-state index in [1.54, 1.807) is 5.48 Å². The molecular formula is C21H19NO2. The van der Waals surface area contributed by atoms with E-state index in [-0.39, 0.29) is 0 Å². The largest absolute Gasteiger partial charge is 0.289 e. The summed E-state index contributed by atoms with van der Waals surface area (Å²) in [5.41, 5.74) is 6.94. The Hall–Kier alpha value is -2.91. The lowest BCUT2D eigenvalue weighted by molar-refractivity contribution is -0.129. The second-order valence-corrected chi connectivity index (χ2v) is 5.76. The van der Waals surface area contributed by atoms with Crippen molar-refractivity contribution in [3.8, 4) is 11.1 Å². The number of hydrogen-bond donors (Lipinski definition) is 2. The number of hydrogen-bond acceptors (Lipinski definition) is 2. The standard InChI is InChI=1S/C21H19NO2/c1-15-7-5-6-10-19(15)16-11-13-18(14-12-16)20(21(23)22-24)17-8-3-2-4-9-17/h2-14,20,24H,1H3,(H,22,23). The first-order valence-corrected chi connectivity index (χ1v) is 7.85. The lowest BCUT2D eigenvalue weighted by Gasteiger charge is -2.16. The van der Waals surface area contributed by atoms with E-state index in [4.69, 9.17) is 5.21 Å². The molecule has 0 heterocycles. The summed E-state index contributed by atoms with van der Waals surface area (Å²) in [6.07, 6.45) is 0. The number of carbonyl (C=O) groups is 1. The van der Waals surface area contributed by atoms with Crippen LogP contribution in [0.15, 0.2) is 78.9 Å². The normalized spacial score (nSPS) is 11.8. The predicted octanol–water partition coefficient (Wildman–Crippen LogP) is 4.30. The maximum absolute atomic E-state index is 12.2. The van der Waals surface area contributed by atoms with Crippen LogP contribution in [0, 0.1) is 6.92 Å². The van der Waals surface area contributed by atoms with E-state index < -0.39 is 11.8 Å². The van der Waals surface area contributed by atoms with Gasteiger partial charge in [-0.05, 0) is 34.7 Å². The molecule has 3 rings (SSSR count). The number of amides is 1. The lowest BCUT2D eigenvalue weighted by atomic mass is 9.89. The highest BCUT2D eigenvalue weighted by Crippen LogP contribution is 2.28. The van der Waals surface area contributed by atoms with E-state index in [1.165, 1.54) is 11.1 Å². The first kappa shape index (κ1) is 16.0. The summed E-state index contributed by atoms with van der Waals surface area (Å²) in [6, 6.07) is 25.5. The lowest BCUT2D eigenvalue weighted by Crippen LogP contribution is -2.27. The molecule has 3 heteroatoms. The second kappa shape index (κ2) is 7.11. The van der Waals surface area contributed by atoms with Gasteiger partial charge in [-0.25, -0.2) is 5.48 Å². The van der Waals surface area contributed by atoms with Crippen molar-refractivity contribution in [1.82, 2.24) is 5.48 Å². The average molecular weight is 317 g/mol. The molecule has 0 radical (unpaired) electrons. The van der Waals surface area contributed by atoms with Gasteiger partial charge in [-0.15, -0.1) is 0 Å². The zero-order valence-corrected chi connectivity index (χ0v) is 13.4. The monoisotopic (exact) mass is 317 g/mol. The molecule has 120 valence electrons. The van der Waals surface area contributed by atoms with E-state index in [0.717, 1.165) is 16.7 Å². The van der Waals surface area contributed by atoms with Gasteiger partial charge in [0.2, 0.25) is 0 Å². The molecule has 0 aliphatic carbocycles. The molecule has 1 atom stereocenters. The number of aryl methyl sites for hydroxylation is 1. The fourth-order valence-electron chi connectivity index (χ4n) is 2.96. The van der Waals surface area contributed by atoms with Crippen LogP contribution >= 0.6 is 0 Å². The molecule has 1 unspecified atom stereocenters. The summed E-state index contributed by atoms with van der Waals surface area (Å²) >= 11 is 0. The summed E-state index contributed by atoms with van der Waals surface area (Å²) in [6.45, 7) is 2.08. The molecule has 3 aromatic carbocycles. The zero-order chi connectivity index (χ0) is 16.9. The van der Waals surface area contributed by atoms with Crippen LogP contribution in [0.1, 0.15) is 22.6 Å². The van der Waals surface area contributed by atoms with Crippen LogP contribution in [-0.2, 0) is 4.79 Å². The van der Waals surface area contributed by atoms with E-state index in [0.29, 0.717) is 0 Å². The topological polar surface area (TPSA) is 49.3 Å². The van der Waals surface area contributed by atoms with Gasteiger partial charge in [0.1, 0.15) is 0 Å². The van der Waals surface area contributed by atoms with Crippen LogP contribution in [0.5, 0.6) is 0 Å². The molecule has 2 N–H and O–H groups in total. The summed E-state index contributed by atoms with van der Waals surface area (Å²) in [4.78, 5) is 12.2. The van der Waals surface area contributed by atoms with Crippen molar-refractivity contribution < 1.29 is 10.0 Å². The van der Waals surface area contributed by atoms with Gasteiger partial charge in [0.25, 0.3) is 5.91 Å². The molecule has 3 aromatic rings. The van der Waals surface area contributed by atoms with Crippen molar-refractivity contribution in [1.29, 1.82) is 0 Å². The SMILES string of the molecule is Cc1ccccc1-c1ccc(C(C(=O)NO)c2ccccc2)cc1. The van der Waals surface area contributed by atoms with Gasteiger partial charge in [0.15, 0.2) is 0 Å². The van der Waals surface area contributed by atoms with Gasteiger partial charge in [-0.3, -0.25) is 10.0 Å². The maximum Gasteiger partial charge on any atom is 0.255 e. The molecule has 0 aliphatic rings. The number of benzene rings is 3. The van der Waals surface area contributed by atoms with Crippen LogP contribution in [-0.4, -0.2) is 11.1 Å². The van der Waals surface area contributed by atoms with E-state index >= 15 is 0 Å². The minimum Gasteiger partial charge on any atom is -0.289 e. The molecule has 0 aliphatic heterocycles. The first-order chi connectivity index (χ1) is 11.7. The summed E-state index contributed by atoms with van der Waals surface area (Å²) in [7, 11) is 0. The first-order valence-electron chi connectivity index (χ1n) is 7.85. The van der Waals surface area contributed by atoms with E-state index in [9.17, 15) is 4.79 Å². The van der Waals surface area contributed by atoms with Crippen molar-refractivity contribution in [2.24, 2.45) is 0 Å². The van der Waals surface area contributed by atoms with Crippen molar-refractivity contribution in [3.63, 3.8) is 0 Å². The molecular weight excluding hydrogens is 298 g/mol. The number of hydroxylamine groups is 1. The number of carbonyl (C=O) groups excluding carboxylic acids is 1. The van der Waals surface area contributed by atoms with Crippen molar-refractivity contribution in [2.45, 2.75) is 12.8 Å².